The third-order valence-corrected chi connectivity index (χ3v) is 4.75. The van der Waals surface area contributed by atoms with Crippen LogP contribution in [0.5, 0.6) is 5.75 Å². The van der Waals surface area contributed by atoms with Gasteiger partial charge >= 0.3 is 6.16 Å². The number of methoxy groups -OCH3 is 1. The van der Waals surface area contributed by atoms with Gasteiger partial charge < -0.3 is 9.47 Å². The first-order chi connectivity index (χ1) is 12.2. The molecule has 3 aromatic heterocycles. The monoisotopic (exact) mass is 352 g/mol. The summed E-state index contributed by atoms with van der Waals surface area (Å²) in [4.78, 5) is 24.6. The summed E-state index contributed by atoms with van der Waals surface area (Å²) < 4.78 is 12.0. The van der Waals surface area contributed by atoms with Crippen LogP contribution >= 0.6 is 11.3 Å². The predicted molar refractivity (Wildman–Crippen MR) is 95.3 cm³/mol. The molecule has 3 heterocycles. The fourth-order valence-corrected chi connectivity index (χ4v) is 3.57. The fourth-order valence-electron chi connectivity index (χ4n) is 2.67. The van der Waals surface area contributed by atoms with Crippen LogP contribution in [-0.4, -0.2) is 22.9 Å². The highest BCUT2D eigenvalue weighted by atomic mass is 32.1. The summed E-state index contributed by atoms with van der Waals surface area (Å²) in [6, 6.07) is 12.6. The van der Waals surface area contributed by atoms with Gasteiger partial charge in [0.05, 0.1) is 23.6 Å². The van der Waals surface area contributed by atoms with Crippen molar-refractivity contribution in [1.29, 1.82) is 0 Å². The average molecular weight is 352 g/mol. The zero-order valence-corrected chi connectivity index (χ0v) is 13.9. The van der Waals surface area contributed by atoms with Crippen LogP contribution < -0.4 is 10.3 Å². The van der Waals surface area contributed by atoms with Gasteiger partial charge in [0.2, 0.25) is 0 Å². The van der Waals surface area contributed by atoms with Gasteiger partial charge in [0.1, 0.15) is 5.52 Å². The smallest absolute Gasteiger partial charge is 0.437 e. The van der Waals surface area contributed by atoms with Crippen molar-refractivity contribution >= 4 is 33.1 Å². The molecule has 0 radical (unpaired) electrons. The van der Waals surface area contributed by atoms with Crippen LogP contribution in [0.4, 0.5) is 4.79 Å². The van der Waals surface area contributed by atoms with Gasteiger partial charge in [-0.3, -0.25) is 4.79 Å². The maximum atomic E-state index is 12.9. The SMILES string of the molecule is COC(=O)Oc1cc(-c2ccccc2)c(=O)n2ncc3ccsc3c12. The standard InChI is InChI=1S/C18H12N2O4S/c1-23-18(22)24-14-9-13(11-5-3-2-4-6-11)17(21)20-15(14)16-12(10-19-20)7-8-25-16/h2-10H,1H3. The van der Waals surface area contributed by atoms with Crippen molar-refractivity contribution < 1.29 is 14.3 Å². The van der Waals surface area contributed by atoms with Crippen molar-refractivity contribution in [3.05, 3.63) is 64.4 Å². The van der Waals surface area contributed by atoms with E-state index >= 15 is 0 Å². The van der Waals surface area contributed by atoms with E-state index < -0.39 is 6.16 Å². The number of carbonyl (C=O) groups excluding carboxylic acids is 1. The van der Waals surface area contributed by atoms with E-state index in [1.165, 1.54) is 23.0 Å². The lowest BCUT2D eigenvalue weighted by molar-refractivity contribution is 0.122. The van der Waals surface area contributed by atoms with Crippen LogP contribution in [0.25, 0.3) is 26.7 Å². The number of thiophene rings is 1. The molecule has 0 aliphatic rings. The minimum Gasteiger partial charge on any atom is -0.437 e. The number of nitrogens with zero attached hydrogens (tertiary/aromatic N) is 2. The van der Waals surface area contributed by atoms with Crippen molar-refractivity contribution in [2.24, 2.45) is 0 Å². The van der Waals surface area contributed by atoms with Gasteiger partial charge in [-0.25, -0.2) is 4.79 Å². The molecule has 4 rings (SSSR count). The van der Waals surface area contributed by atoms with Crippen LogP contribution in [0.3, 0.4) is 0 Å². The fraction of sp³-hybridized carbons (Fsp3) is 0.0556. The lowest BCUT2D eigenvalue weighted by Crippen LogP contribution is -2.20. The largest absolute Gasteiger partial charge is 0.513 e. The highest BCUT2D eigenvalue weighted by Crippen LogP contribution is 2.32. The molecular weight excluding hydrogens is 340 g/mol. The molecule has 4 aromatic rings. The Morgan fingerprint density at radius 2 is 2.00 bits per heavy atom. The summed E-state index contributed by atoms with van der Waals surface area (Å²) in [6.45, 7) is 0. The Kier molecular flexibility index (Phi) is 3.70. The number of ether oxygens (including phenoxy) is 2. The maximum Gasteiger partial charge on any atom is 0.513 e. The molecule has 25 heavy (non-hydrogen) atoms. The van der Waals surface area contributed by atoms with Crippen molar-refractivity contribution in [3.63, 3.8) is 0 Å². The third kappa shape index (κ3) is 2.54. The molecule has 0 saturated heterocycles. The zero-order chi connectivity index (χ0) is 17.4. The van der Waals surface area contributed by atoms with Crippen LogP contribution in [0, 0.1) is 0 Å². The number of fused-ring (bicyclic) bond motifs is 3. The molecule has 0 amide bonds. The van der Waals surface area contributed by atoms with Gasteiger partial charge in [-0.05, 0) is 23.1 Å². The molecule has 0 N–H and O–H groups in total. The Morgan fingerprint density at radius 3 is 2.76 bits per heavy atom. The molecule has 6 nitrogen and oxygen atoms in total. The first kappa shape index (κ1) is 15.3. The molecule has 0 saturated carbocycles. The topological polar surface area (TPSA) is 69.9 Å². The summed E-state index contributed by atoms with van der Waals surface area (Å²) >= 11 is 1.44. The van der Waals surface area contributed by atoms with E-state index in [1.807, 2.05) is 41.8 Å². The summed E-state index contributed by atoms with van der Waals surface area (Å²) in [7, 11) is 1.23. The predicted octanol–water partition coefficient (Wildman–Crippen LogP) is 3.72. The third-order valence-electron chi connectivity index (χ3n) is 3.81. The Hall–Kier alpha value is -3.19. The van der Waals surface area contributed by atoms with Crippen LogP contribution in [0.15, 0.2) is 58.8 Å². The zero-order valence-electron chi connectivity index (χ0n) is 13.1. The first-order valence-electron chi connectivity index (χ1n) is 7.42. The number of pyridine rings is 1. The summed E-state index contributed by atoms with van der Waals surface area (Å²) in [5.74, 6) is 0.228. The minimum atomic E-state index is -0.854. The number of hydrogen-bond acceptors (Lipinski definition) is 6. The molecule has 0 atom stereocenters. The van der Waals surface area contributed by atoms with E-state index in [-0.39, 0.29) is 11.3 Å². The molecular formula is C18H12N2O4S. The second kappa shape index (κ2) is 6.03. The first-order valence-corrected chi connectivity index (χ1v) is 8.30. The number of aromatic nitrogens is 2. The average Bonchev–Trinajstić information content (AvgIpc) is 3.13. The van der Waals surface area contributed by atoms with E-state index in [2.05, 4.69) is 9.84 Å². The van der Waals surface area contributed by atoms with Crippen molar-refractivity contribution in [3.8, 4) is 16.9 Å². The van der Waals surface area contributed by atoms with Gasteiger partial charge in [-0.2, -0.15) is 9.61 Å². The molecule has 0 bridgehead atoms. The number of rotatable bonds is 2. The van der Waals surface area contributed by atoms with E-state index in [1.54, 1.807) is 12.3 Å². The molecule has 0 fully saturated rings. The van der Waals surface area contributed by atoms with E-state index in [4.69, 9.17) is 4.74 Å². The maximum absolute atomic E-state index is 12.9. The molecule has 0 aliphatic carbocycles. The Labute approximate surface area is 145 Å². The minimum absolute atomic E-state index is 0.228. The highest BCUT2D eigenvalue weighted by Gasteiger charge is 2.18. The second-order valence-corrected chi connectivity index (χ2v) is 6.18. The molecule has 0 unspecified atom stereocenters. The van der Waals surface area contributed by atoms with Gasteiger partial charge in [0.25, 0.3) is 5.56 Å². The van der Waals surface area contributed by atoms with Gasteiger partial charge in [0, 0.05) is 5.39 Å². The van der Waals surface area contributed by atoms with E-state index in [0.717, 1.165) is 10.1 Å². The molecule has 1 aromatic carbocycles. The number of hydrogen-bond donors (Lipinski definition) is 0. The van der Waals surface area contributed by atoms with E-state index in [9.17, 15) is 9.59 Å². The lowest BCUT2D eigenvalue weighted by Gasteiger charge is -2.11. The summed E-state index contributed by atoms with van der Waals surface area (Å²) in [5, 5.41) is 7.00. The molecule has 124 valence electrons. The quantitative estimate of drug-likeness (QED) is 0.514. The lowest BCUT2D eigenvalue weighted by atomic mass is 10.1. The normalized spacial score (nSPS) is 10.9. The van der Waals surface area contributed by atoms with Crippen LogP contribution in [-0.2, 0) is 4.74 Å². The highest BCUT2D eigenvalue weighted by molar-refractivity contribution is 7.18. The van der Waals surface area contributed by atoms with Crippen molar-refractivity contribution in [1.82, 2.24) is 9.61 Å². The van der Waals surface area contributed by atoms with Gasteiger partial charge in [-0.15, -0.1) is 11.3 Å². The summed E-state index contributed by atoms with van der Waals surface area (Å²) in [5.41, 5.74) is 1.27. The van der Waals surface area contributed by atoms with Crippen LogP contribution in [0.1, 0.15) is 0 Å². The number of benzene rings is 1. The van der Waals surface area contributed by atoms with Crippen molar-refractivity contribution in [2.75, 3.05) is 7.11 Å². The Balaban J connectivity index is 2.10. The Morgan fingerprint density at radius 1 is 1.20 bits per heavy atom. The molecule has 0 spiro atoms. The van der Waals surface area contributed by atoms with Gasteiger partial charge in [-0.1, -0.05) is 30.3 Å². The van der Waals surface area contributed by atoms with Gasteiger partial charge in [0.15, 0.2) is 5.75 Å². The molecule has 7 heteroatoms. The number of carbonyl (C=O) groups is 1. The summed E-state index contributed by atoms with van der Waals surface area (Å²) in [6.07, 6.45) is 0.768. The van der Waals surface area contributed by atoms with Crippen LogP contribution in [0.2, 0.25) is 0 Å². The second-order valence-electron chi connectivity index (χ2n) is 5.26. The Bertz CT molecular complexity index is 1150. The van der Waals surface area contributed by atoms with E-state index in [0.29, 0.717) is 16.6 Å². The van der Waals surface area contributed by atoms with Crippen molar-refractivity contribution in [2.45, 2.75) is 0 Å². The molecule has 0 aliphatic heterocycles.